The van der Waals surface area contributed by atoms with Gasteiger partial charge >= 0.3 is 5.63 Å². The van der Waals surface area contributed by atoms with Gasteiger partial charge in [0.25, 0.3) is 0 Å². The topological polar surface area (TPSA) is 153 Å². The fourth-order valence-electron chi connectivity index (χ4n) is 16.5. The molecule has 6 saturated carbocycles. The summed E-state index contributed by atoms with van der Waals surface area (Å²) in [6.45, 7) is 25.5. The molecule has 0 spiro atoms. The van der Waals surface area contributed by atoms with E-state index in [1.807, 2.05) is 65.8 Å². The first-order valence-corrected chi connectivity index (χ1v) is 25.4. The van der Waals surface area contributed by atoms with Gasteiger partial charge in [-0.3, -0.25) is 28.8 Å². The lowest BCUT2D eigenvalue weighted by Gasteiger charge is -2.60. The minimum atomic E-state index is -1.90. The quantitative estimate of drug-likeness (QED) is 0.152. The Hall–Kier alpha value is -4.37. The second-order valence-electron chi connectivity index (χ2n) is 25.2. The number of hydrogen-bond donors (Lipinski definition) is 1. The van der Waals surface area contributed by atoms with Crippen molar-refractivity contribution in [2.75, 3.05) is 0 Å². The molecule has 366 valence electrons. The third-order valence-electron chi connectivity index (χ3n) is 20.2. The summed E-state index contributed by atoms with van der Waals surface area (Å²) in [6.07, 6.45) is 15.2. The monoisotopic (exact) mass is 929 g/mol. The standard InChI is InChI=1S/C59H76O9/c1-32(50-42(61)28-44-55(50,10)21-19-38-26-46(62)53(6,7)30-56(38,44)11)15-14-16-33(2)51(65)49-37(23-35(4)43-18-17-34(3)52(66)68-43)24-40(25-41(49)36(5)60)59(67)48(64)29-45-57(12)31-54(8,9)47(63)27-39(57)20-22-58(45,59)13/h14-18,23-24,37-39,41,44-45,49,67H,19-22,25-31H2,1-13H3/b15-14+,33-16+,35-23+,50-32-/t37-,38+,39+,41+,44-,45+,49-,55+,56+,57+,58+,59+/m1/s1. The zero-order valence-corrected chi connectivity index (χ0v) is 43.1. The molecule has 6 fully saturated rings. The maximum atomic E-state index is 15.0. The van der Waals surface area contributed by atoms with Crippen LogP contribution in [-0.4, -0.2) is 45.4 Å². The maximum absolute atomic E-state index is 15.0. The highest BCUT2D eigenvalue weighted by molar-refractivity contribution is 6.02. The first-order valence-electron chi connectivity index (χ1n) is 25.4. The zero-order chi connectivity index (χ0) is 50.1. The van der Waals surface area contributed by atoms with Crippen LogP contribution in [0.4, 0.5) is 0 Å². The van der Waals surface area contributed by atoms with E-state index in [-0.39, 0.29) is 81.7 Å². The number of fused-ring (bicyclic) bond motifs is 6. The molecule has 12 atom stereocenters. The van der Waals surface area contributed by atoms with Gasteiger partial charge in [-0.2, -0.15) is 0 Å². The summed E-state index contributed by atoms with van der Waals surface area (Å²) < 4.78 is 5.69. The molecule has 0 bridgehead atoms. The van der Waals surface area contributed by atoms with Gasteiger partial charge in [0.1, 0.15) is 28.7 Å². The molecule has 0 radical (unpaired) electrons. The number of carbonyl (C=O) groups excluding carboxylic acids is 6. The molecule has 9 heteroatoms. The summed E-state index contributed by atoms with van der Waals surface area (Å²) in [5.74, 6) is -1.95. The molecule has 0 aliphatic heterocycles. The van der Waals surface area contributed by atoms with Crippen molar-refractivity contribution in [1.29, 1.82) is 0 Å². The third-order valence-corrected chi connectivity index (χ3v) is 20.2. The Morgan fingerprint density at radius 1 is 0.735 bits per heavy atom. The Morgan fingerprint density at radius 2 is 1.32 bits per heavy atom. The van der Waals surface area contributed by atoms with Gasteiger partial charge in [0, 0.05) is 76.2 Å². The van der Waals surface area contributed by atoms with Crippen molar-refractivity contribution in [2.45, 2.75) is 166 Å². The lowest BCUT2D eigenvalue weighted by atomic mass is 9.44. The molecule has 1 aromatic rings. The number of hydrogen-bond acceptors (Lipinski definition) is 9. The molecule has 1 aromatic heterocycles. The number of rotatable bonds is 8. The Morgan fingerprint density at radius 3 is 1.91 bits per heavy atom. The normalized spacial score (nSPS) is 40.9. The number of ketones is 6. The van der Waals surface area contributed by atoms with Crippen LogP contribution >= 0.6 is 0 Å². The van der Waals surface area contributed by atoms with Crippen molar-refractivity contribution in [3.05, 3.63) is 86.5 Å². The lowest BCUT2D eigenvalue weighted by molar-refractivity contribution is -0.165. The predicted molar refractivity (Wildman–Crippen MR) is 263 cm³/mol. The van der Waals surface area contributed by atoms with Crippen molar-refractivity contribution < 1.29 is 38.3 Å². The van der Waals surface area contributed by atoms with Crippen molar-refractivity contribution >= 4 is 40.3 Å². The number of carbonyl (C=O) groups is 6. The van der Waals surface area contributed by atoms with Crippen LogP contribution in [0.5, 0.6) is 0 Å². The Kier molecular flexibility index (Phi) is 12.2. The van der Waals surface area contributed by atoms with Gasteiger partial charge < -0.3 is 9.52 Å². The second-order valence-corrected chi connectivity index (χ2v) is 25.2. The average Bonchev–Trinajstić information content (AvgIpc) is 3.65. The van der Waals surface area contributed by atoms with Gasteiger partial charge in [0.15, 0.2) is 17.3 Å². The highest BCUT2D eigenvalue weighted by Crippen LogP contribution is 2.71. The van der Waals surface area contributed by atoms with E-state index in [4.69, 9.17) is 4.42 Å². The molecule has 9 nitrogen and oxygen atoms in total. The van der Waals surface area contributed by atoms with Crippen molar-refractivity contribution in [1.82, 2.24) is 0 Å². The van der Waals surface area contributed by atoms with Gasteiger partial charge in [-0.25, -0.2) is 4.79 Å². The van der Waals surface area contributed by atoms with Gasteiger partial charge in [-0.15, -0.1) is 0 Å². The van der Waals surface area contributed by atoms with E-state index in [0.717, 1.165) is 30.4 Å². The van der Waals surface area contributed by atoms with Gasteiger partial charge in [0.2, 0.25) is 0 Å². The zero-order valence-electron chi connectivity index (χ0n) is 43.1. The number of allylic oxidation sites excluding steroid dienone is 9. The molecule has 0 aromatic carbocycles. The fourth-order valence-corrected chi connectivity index (χ4v) is 16.5. The van der Waals surface area contributed by atoms with E-state index < -0.39 is 45.2 Å². The minimum absolute atomic E-state index is 0.0325. The van der Waals surface area contributed by atoms with Crippen LogP contribution in [0.25, 0.3) is 5.57 Å². The largest absolute Gasteiger partial charge is 0.423 e. The third kappa shape index (κ3) is 7.51. The van der Waals surface area contributed by atoms with Crippen LogP contribution in [0.2, 0.25) is 0 Å². The predicted octanol–water partition coefficient (Wildman–Crippen LogP) is 11.0. The lowest BCUT2D eigenvalue weighted by Crippen LogP contribution is -2.60. The van der Waals surface area contributed by atoms with Crippen molar-refractivity contribution in [3.63, 3.8) is 0 Å². The molecule has 1 heterocycles. The molecule has 68 heavy (non-hydrogen) atoms. The Balaban J connectivity index is 1.15. The number of aryl methyl sites for hydroxylation is 1. The van der Waals surface area contributed by atoms with Gasteiger partial charge in [-0.05, 0) is 148 Å². The summed E-state index contributed by atoms with van der Waals surface area (Å²) in [5, 5.41) is 13.2. The molecule has 0 amide bonds. The summed E-state index contributed by atoms with van der Waals surface area (Å²) in [5.41, 5.74) is -1.48. The first kappa shape index (κ1) is 50.0. The second kappa shape index (κ2) is 16.6. The van der Waals surface area contributed by atoms with Crippen LogP contribution in [-0.2, 0) is 28.8 Å². The molecular formula is C59H76O9. The van der Waals surface area contributed by atoms with Crippen LogP contribution in [0.15, 0.2) is 74.0 Å². The van der Waals surface area contributed by atoms with E-state index >= 15 is 4.79 Å². The molecule has 7 aliphatic rings. The number of Topliss-reactive ketones (excluding diaryl/α,β-unsaturated/α-hetero) is 6. The molecule has 0 unspecified atom stereocenters. The SMILES string of the molecule is CC(=O)[C@@H]1CC([C@]2(O)C(=O)C[C@H]3[C@@]4(C)CC(C)(C)C(=O)C[C@@H]4CC[C@@]32C)=C[C@@H](/C=C(\C)c2ccc(C)c(=O)o2)[C@H]1C(=O)/C(C)=C/C=C/C(C)=C1/C(=O)C[C@H]2[C@@]3(C)CC(C)(C)C(=O)C[C@@H]3CC[C@]12C. The average molecular weight is 929 g/mol. The van der Waals surface area contributed by atoms with Crippen LogP contribution in [0.1, 0.15) is 165 Å². The maximum Gasteiger partial charge on any atom is 0.339 e. The molecule has 8 rings (SSSR count). The number of aliphatic hydroxyl groups is 1. The van der Waals surface area contributed by atoms with E-state index in [0.29, 0.717) is 72.4 Å². The van der Waals surface area contributed by atoms with Crippen molar-refractivity contribution in [2.24, 2.45) is 73.9 Å². The first-order chi connectivity index (χ1) is 31.5. The van der Waals surface area contributed by atoms with Gasteiger partial charge in [0.05, 0.1) is 0 Å². The molecular weight excluding hydrogens is 853 g/mol. The van der Waals surface area contributed by atoms with E-state index in [2.05, 4.69) is 20.8 Å². The minimum Gasteiger partial charge on any atom is -0.423 e. The van der Waals surface area contributed by atoms with Crippen LogP contribution in [0.3, 0.4) is 0 Å². The van der Waals surface area contributed by atoms with E-state index in [1.54, 1.807) is 39.0 Å². The van der Waals surface area contributed by atoms with E-state index in [1.165, 1.54) is 6.92 Å². The Bertz CT molecular complexity index is 2630. The summed E-state index contributed by atoms with van der Waals surface area (Å²) >= 11 is 0. The highest BCUT2D eigenvalue weighted by Gasteiger charge is 2.71. The molecule has 1 N–H and O–H groups in total. The molecule has 7 aliphatic carbocycles. The van der Waals surface area contributed by atoms with Crippen LogP contribution in [0, 0.1) is 80.8 Å². The summed E-state index contributed by atoms with van der Waals surface area (Å²) in [7, 11) is 0. The fraction of sp³-hybridized carbons (Fsp3) is 0.644. The Labute approximate surface area is 403 Å². The van der Waals surface area contributed by atoms with Crippen molar-refractivity contribution in [3.8, 4) is 0 Å². The van der Waals surface area contributed by atoms with Crippen LogP contribution < -0.4 is 5.63 Å². The van der Waals surface area contributed by atoms with E-state index in [9.17, 15) is 33.9 Å². The smallest absolute Gasteiger partial charge is 0.339 e. The summed E-state index contributed by atoms with van der Waals surface area (Å²) in [4.78, 5) is 96.8. The highest BCUT2D eigenvalue weighted by atomic mass is 16.4. The summed E-state index contributed by atoms with van der Waals surface area (Å²) in [6, 6.07) is 3.39. The molecule has 0 saturated heterocycles. The van der Waals surface area contributed by atoms with Gasteiger partial charge in [-0.1, -0.05) is 85.8 Å².